The third kappa shape index (κ3) is 1.87. The van der Waals surface area contributed by atoms with Gasteiger partial charge in [0.05, 0.1) is 18.4 Å². The van der Waals surface area contributed by atoms with E-state index in [0.717, 1.165) is 0 Å². The second-order valence-corrected chi connectivity index (χ2v) is 4.25. The Morgan fingerprint density at radius 1 is 1.60 bits per heavy atom. The number of phenolic OH excluding ortho intramolecular Hbond substituents is 1. The van der Waals surface area contributed by atoms with Gasteiger partial charge in [0.1, 0.15) is 16.9 Å². The van der Waals surface area contributed by atoms with Crippen molar-refractivity contribution in [2.45, 2.75) is 5.37 Å². The molecular weight excluding hydrogens is 214 g/mol. The molecule has 80 valence electrons. The Kier molecular flexibility index (Phi) is 2.73. The Morgan fingerprint density at radius 3 is 3.00 bits per heavy atom. The largest absolute Gasteiger partial charge is 0.507 e. The first kappa shape index (κ1) is 10.2. The van der Waals surface area contributed by atoms with Crippen LogP contribution in [0.15, 0.2) is 18.2 Å². The lowest BCUT2D eigenvalue weighted by atomic mass is 10.1. The van der Waals surface area contributed by atoms with E-state index >= 15 is 0 Å². The minimum absolute atomic E-state index is 0.0182. The lowest BCUT2D eigenvalue weighted by molar-refractivity contribution is -0.118. The first-order chi connectivity index (χ1) is 7.22. The van der Waals surface area contributed by atoms with Gasteiger partial charge in [-0.1, -0.05) is 6.07 Å². The topological polar surface area (TPSA) is 58.6 Å². The van der Waals surface area contributed by atoms with Gasteiger partial charge in [0.2, 0.25) is 5.91 Å². The van der Waals surface area contributed by atoms with E-state index in [1.165, 1.54) is 11.8 Å². The normalized spacial score (nSPS) is 20.1. The van der Waals surface area contributed by atoms with Crippen LogP contribution in [0.3, 0.4) is 0 Å². The monoisotopic (exact) mass is 225 g/mol. The van der Waals surface area contributed by atoms with Crippen LogP contribution in [0.5, 0.6) is 11.5 Å². The summed E-state index contributed by atoms with van der Waals surface area (Å²) in [5.74, 6) is 1.14. The summed E-state index contributed by atoms with van der Waals surface area (Å²) in [6, 6.07) is 5.06. The Balaban J connectivity index is 2.37. The molecule has 1 heterocycles. The van der Waals surface area contributed by atoms with Gasteiger partial charge in [-0.2, -0.15) is 0 Å². The molecule has 0 spiro atoms. The Labute approximate surface area is 91.6 Å². The summed E-state index contributed by atoms with van der Waals surface area (Å²) in [7, 11) is 1.54. The minimum Gasteiger partial charge on any atom is -0.507 e. The predicted octanol–water partition coefficient (Wildman–Crippen LogP) is 1.26. The third-order valence-corrected chi connectivity index (χ3v) is 3.31. The van der Waals surface area contributed by atoms with Crippen molar-refractivity contribution in [1.29, 1.82) is 0 Å². The second kappa shape index (κ2) is 4.02. The molecule has 1 unspecified atom stereocenters. The Bertz CT molecular complexity index is 394. The average molecular weight is 225 g/mol. The van der Waals surface area contributed by atoms with Crippen molar-refractivity contribution in [3.05, 3.63) is 23.8 Å². The third-order valence-electron chi connectivity index (χ3n) is 2.20. The lowest BCUT2D eigenvalue weighted by Gasteiger charge is -2.15. The van der Waals surface area contributed by atoms with Crippen LogP contribution in [-0.2, 0) is 4.79 Å². The fourth-order valence-corrected chi connectivity index (χ4v) is 2.54. The minimum atomic E-state index is -0.214. The zero-order valence-corrected chi connectivity index (χ0v) is 9.00. The van der Waals surface area contributed by atoms with Crippen LogP contribution in [0.2, 0.25) is 0 Å². The van der Waals surface area contributed by atoms with E-state index in [-0.39, 0.29) is 17.0 Å². The maximum absolute atomic E-state index is 11.1. The predicted molar refractivity (Wildman–Crippen MR) is 58.0 cm³/mol. The van der Waals surface area contributed by atoms with Gasteiger partial charge in [0, 0.05) is 0 Å². The van der Waals surface area contributed by atoms with Crippen molar-refractivity contribution >= 4 is 17.7 Å². The number of nitrogens with one attached hydrogen (secondary N) is 1. The molecule has 5 heteroatoms. The first-order valence-corrected chi connectivity index (χ1v) is 5.54. The number of hydrogen-bond acceptors (Lipinski definition) is 4. The molecule has 0 aliphatic carbocycles. The molecule has 2 rings (SSSR count). The van der Waals surface area contributed by atoms with Crippen LogP contribution in [0.1, 0.15) is 10.9 Å². The maximum atomic E-state index is 11.1. The summed E-state index contributed by atoms with van der Waals surface area (Å²) in [6.45, 7) is 0. The number of phenols is 1. The molecule has 15 heavy (non-hydrogen) atoms. The highest BCUT2D eigenvalue weighted by Gasteiger charge is 2.27. The van der Waals surface area contributed by atoms with E-state index in [9.17, 15) is 9.90 Å². The highest BCUT2D eigenvalue weighted by molar-refractivity contribution is 8.00. The molecule has 1 fully saturated rings. The number of amides is 1. The summed E-state index contributed by atoms with van der Waals surface area (Å²) in [4.78, 5) is 11.1. The van der Waals surface area contributed by atoms with Crippen molar-refractivity contribution in [3.63, 3.8) is 0 Å². The standard InChI is InChI=1S/C10H11NO3S/c1-14-7-4-2-3-6(12)9(7)10-11-8(13)5-15-10/h2-4,10,12H,5H2,1H3,(H,11,13). The average Bonchev–Trinajstić information content (AvgIpc) is 2.64. The molecule has 0 aromatic heterocycles. The van der Waals surface area contributed by atoms with Gasteiger partial charge in [0.15, 0.2) is 0 Å². The van der Waals surface area contributed by atoms with Gasteiger partial charge in [0.25, 0.3) is 0 Å². The molecule has 2 N–H and O–H groups in total. The number of ether oxygens (including phenoxy) is 1. The van der Waals surface area contributed by atoms with E-state index in [1.54, 1.807) is 25.3 Å². The number of benzene rings is 1. The SMILES string of the molecule is COc1cccc(O)c1C1NC(=O)CS1. The van der Waals surface area contributed by atoms with Crippen LogP contribution >= 0.6 is 11.8 Å². The smallest absolute Gasteiger partial charge is 0.231 e. The number of thioether (sulfide) groups is 1. The van der Waals surface area contributed by atoms with Crippen molar-refractivity contribution in [2.75, 3.05) is 12.9 Å². The number of methoxy groups -OCH3 is 1. The van der Waals surface area contributed by atoms with E-state index in [1.807, 2.05) is 0 Å². The molecule has 1 saturated heterocycles. The first-order valence-electron chi connectivity index (χ1n) is 4.49. The molecule has 0 bridgehead atoms. The molecule has 1 amide bonds. The maximum Gasteiger partial charge on any atom is 0.231 e. The molecule has 1 aliphatic rings. The summed E-state index contributed by atoms with van der Waals surface area (Å²) in [5.41, 5.74) is 0.635. The second-order valence-electron chi connectivity index (χ2n) is 3.15. The molecule has 1 aromatic carbocycles. The summed E-state index contributed by atoms with van der Waals surface area (Å²) in [5, 5.41) is 12.3. The van der Waals surface area contributed by atoms with Gasteiger partial charge in [-0.3, -0.25) is 4.79 Å². The number of rotatable bonds is 2. The van der Waals surface area contributed by atoms with Gasteiger partial charge in [-0.15, -0.1) is 11.8 Å². The van der Waals surface area contributed by atoms with Crippen LogP contribution < -0.4 is 10.1 Å². The van der Waals surface area contributed by atoms with Gasteiger partial charge >= 0.3 is 0 Å². The van der Waals surface area contributed by atoms with E-state index in [4.69, 9.17) is 4.74 Å². The number of aromatic hydroxyl groups is 1. The van der Waals surface area contributed by atoms with Crippen LogP contribution in [0.4, 0.5) is 0 Å². The van der Waals surface area contributed by atoms with Crippen molar-refractivity contribution in [3.8, 4) is 11.5 Å². The van der Waals surface area contributed by atoms with Crippen LogP contribution in [0.25, 0.3) is 0 Å². The van der Waals surface area contributed by atoms with Crippen molar-refractivity contribution in [1.82, 2.24) is 5.32 Å². The zero-order chi connectivity index (χ0) is 10.8. The van der Waals surface area contributed by atoms with E-state index in [2.05, 4.69) is 5.32 Å². The lowest BCUT2D eigenvalue weighted by Crippen LogP contribution is -2.19. The Morgan fingerprint density at radius 2 is 2.40 bits per heavy atom. The molecule has 0 saturated carbocycles. The van der Waals surface area contributed by atoms with Crippen molar-refractivity contribution in [2.24, 2.45) is 0 Å². The van der Waals surface area contributed by atoms with Gasteiger partial charge < -0.3 is 15.2 Å². The number of carbonyl (C=O) groups is 1. The summed E-state index contributed by atoms with van der Waals surface area (Å²) >= 11 is 1.45. The Hall–Kier alpha value is -1.36. The zero-order valence-electron chi connectivity index (χ0n) is 8.19. The van der Waals surface area contributed by atoms with Gasteiger partial charge in [-0.05, 0) is 12.1 Å². The van der Waals surface area contributed by atoms with Crippen LogP contribution in [0, 0.1) is 0 Å². The quantitative estimate of drug-likeness (QED) is 0.795. The molecular formula is C10H11NO3S. The fraction of sp³-hybridized carbons (Fsp3) is 0.300. The van der Waals surface area contributed by atoms with Crippen molar-refractivity contribution < 1.29 is 14.6 Å². The molecule has 0 radical (unpaired) electrons. The fourth-order valence-electron chi connectivity index (χ4n) is 1.52. The highest BCUT2D eigenvalue weighted by Crippen LogP contribution is 2.40. The van der Waals surface area contributed by atoms with E-state index < -0.39 is 0 Å². The molecule has 1 aliphatic heterocycles. The molecule has 4 nitrogen and oxygen atoms in total. The molecule has 1 aromatic rings. The molecule has 1 atom stereocenters. The van der Waals surface area contributed by atoms with E-state index in [0.29, 0.717) is 17.1 Å². The summed E-state index contributed by atoms with van der Waals surface area (Å²) < 4.78 is 5.15. The number of hydrogen-bond donors (Lipinski definition) is 2. The number of carbonyl (C=O) groups excluding carboxylic acids is 1. The van der Waals surface area contributed by atoms with Gasteiger partial charge in [-0.25, -0.2) is 0 Å². The van der Waals surface area contributed by atoms with Crippen LogP contribution in [-0.4, -0.2) is 23.9 Å². The summed E-state index contributed by atoms with van der Waals surface area (Å²) in [6.07, 6.45) is 0. The highest BCUT2D eigenvalue weighted by atomic mass is 32.2.